The van der Waals surface area contributed by atoms with E-state index in [0.717, 1.165) is 25.7 Å². The number of esters is 2. The van der Waals surface area contributed by atoms with E-state index in [1.807, 2.05) is 0 Å². The van der Waals surface area contributed by atoms with Gasteiger partial charge >= 0.3 is 11.9 Å². The Morgan fingerprint density at radius 3 is 2.32 bits per heavy atom. The van der Waals surface area contributed by atoms with Crippen LogP contribution in [0.5, 0.6) is 0 Å². The molecule has 196 valence electrons. The van der Waals surface area contributed by atoms with Gasteiger partial charge in [-0.15, -0.1) is 0 Å². The smallest absolute Gasteiger partial charge is 0.378 e. The van der Waals surface area contributed by atoms with E-state index >= 15 is 0 Å². The maximum absolute atomic E-state index is 12.1. The number of aliphatic hydroxyl groups is 6. The molecular weight excluding hydrogens is 456 g/mol. The van der Waals surface area contributed by atoms with Gasteiger partial charge in [-0.3, -0.25) is 4.79 Å². The highest BCUT2D eigenvalue weighted by atomic mass is 16.7. The fraction of sp³-hybridized carbons (Fsp3) is 0.818. The summed E-state index contributed by atoms with van der Waals surface area (Å²) in [6.45, 7) is 0.886. The van der Waals surface area contributed by atoms with Crippen molar-refractivity contribution in [1.29, 1.82) is 0 Å². The van der Waals surface area contributed by atoms with Crippen molar-refractivity contribution in [3.63, 3.8) is 0 Å². The van der Waals surface area contributed by atoms with Crippen molar-refractivity contribution < 1.29 is 59.2 Å². The number of aliphatic hydroxyl groups excluding tert-OH is 6. The molecule has 2 aliphatic heterocycles. The molecule has 0 aliphatic carbocycles. The average molecular weight is 493 g/mol. The molecule has 0 aromatic rings. The van der Waals surface area contributed by atoms with Gasteiger partial charge in [0.05, 0.1) is 6.61 Å². The van der Waals surface area contributed by atoms with E-state index in [1.165, 1.54) is 12.8 Å². The second kappa shape index (κ2) is 13.8. The molecule has 34 heavy (non-hydrogen) atoms. The molecule has 2 unspecified atom stereocenters. The summed E-state index contributed by atoms with van der Waals surface area (Å²) in [5, 5.41) is 59.3. The number of carbonyl (C=O) groups is 2. The quantitative estimate of drug-likeness (QED) is 0.135. The molecule has 0 radical (unpaired) electrons. The fourth-order valence-electron chi connectivity index (χ4n) is 3.67. The molecule has 0 aromatic heterocycles. The highest BCUT2D eigenvalue weighted by Crippen LogP contribution is 2.29. The first-order valence-electron chi connectivity index (χ1n) is 11.7. The maximum atomic E-state index is 12.1. The molecule has 12 nitrogen and oxygen atoms in total. The Bertz CT molecular complexity index is 693. The largest absolute Gasteiger partial charge is 0.505 e. The summed E-state index contributed by atoms with van der Waals surface area (Å²) in [6, 6.07) is 0. The molecule has 7 atom stereocenters. The van der Waals surface area contributed by atoms with Gasteiger partial charge in [0, 0.05) is 6.42 Å². The predicted molar refractivity (Wildman–Crippen MR) is 114 cm³/mol. The predicted octanol–water partition coefficient (Wildman–Crippen LogP) is -0.457. The van der Waals surface area contributed by atoms with Gasteiger partial charge in [0.15, 0.2) is 11.9 Å². The Morgan fingerprint density at radius 1 is 1.03 bits per heavy atom. The van der Waals surface area contributed by atoms with Gasteiger partial charge in [-0.2, -0.15) is 0 Å². The first-order chi connectivity index (χ1) is 16.2. The normalized spacial score (nSPS) is 30.2. The van der Waals surface area contributed by atoms with E-state index in [-0.39, 0.29) is 6.42 Å². The van der Waals surface area contributed by atoms with Gasteiger partial charge in [0.2, 0.25) is 12.0 Å². The Morgan fingerprint density at radius 2 is 1.68 bits per heavy atom. The first kappa shape index (κ1) is 28.3. The van der Waals surface area contributed by atoms with Gasteiger partial charge in [0.1, 0.15) is 37.1 Å². The third-order valence-electron chi connectivity index (χ3n) is 5.75. The minimum absolute atomic E-state index is 0.179. The summed E-state index contributed by atoms with van der Waals surface area (Å²) in [6.07, 6.45) is -3.99. The van der Waals surface area contributed by atoms with Crippen molar-refractivity contribution in [2.24, 2.45) is 0 Å². The highest BCUT2D eigenvalue weighted by molar-refractivity contribution is 5.89. The first-order valence-corrected chi connectivity index (χ1v) is 11.7. The number of carbonyl (C=O) groups excluding carboxylic acids is 2. The molecule has 0 aromatic carbocycles. The van der Waals surface area contributed by atoms with Crippen molar-refractivity contribution in [1.82, 2.24) is 0 Å². The zero-order chi connectivity index (χ0) is 25.3. The Balaban J connectivity index is 1.82. The van der Waals surface area contributed by atoms with Crippen LogP contribution < -0.4 is 0 Å². The van der Waals surface area contributed by atoms with Gasteiger partial charge in [-0.1, -0.05) is 45.4 Å². The third-order valence-corrected chi connectivity index (χ3v) is 5.75. The van der Waals surface area contributed by atoms with Gasteiger partial charge in [0.25, 0.3) is 0 Å². The van der Waals surface area contributed by atoms with Crippen LogP contribution in [-0.2, 0) is 28.5 Å². The summed E-state index contributed by atoms with van der Waals surface area (Å²) in [5.41, 5.74) is 0. The molecule has 0 amide bonds. The number of hydrogen-bond acceptors (Lipinski definition) is 12. The molecule has 2 heterocycles. The minimum atomic E-state index is -1.82. The molecule has 0 saturated carbocycles. The minimum Gasteiger partial charge on any atom is -0.505 e. The summed E-state index contributed by atoms with van der Waals surface area (Å²) < 4.78 is 20.1. The molecule has 1 fully saturated rings. The van der Waals surface area contributed by atoms with Crippen LogP contribution >= 0.6 is 0 Å². The fourth-order valence-corrected chi connectivity index (χ4v) is 3.67. The lowest BCUT2D eigenvalue weighted by molar-refractivity contribution is -0.291. The van der Waals surface area contributed by atoms with E-state index < -0.39 is 79.6 Å². The van der Waals surface area contributed by atoms with E-state index in [9.17, 15) is 40.2 Å². The van der Waals surface area contributed by atoms with Crippen molar-refractivity contribution >= 4 is 11.9 Å². The van der Waals surface area contributed by atoms with Crippen LogP contribution in [-0.4, -0.2) is 98.7 Å². The van der Waals surface area contributed by atoms with E-state index in [2.05, 4.69) is 6.92 Å². The molecular formula is C22H36O12. The van der Waals surface area contributed by atoms with Crippen LogP contribution in [0.15, 0.2) is 11.5 Å². The third kappa shape index (κ3) is 7.52. The van der Waals surface area contributed by atoms with Crippen LogP contribution in [0.2, 0.25) is 0 Å². The molecule has 2 rings (SSSR count). The molecule has 0 spiro atoms. The molecule has 6 N–H and O–H groups in total. The lowest BCUT2D eigenvalue weighted by Crippen LogP contribution is -2.59. The topological polar surface area (TPSA) is 192 Å². The van der Waals surface area contributed by atoms with Crippen molar-refractivity contribution in [3.05, 3.63) is 11.5 Å². The summed E-state index contributed by atoms with van der Waals surface area (Å²) in [4.78, 5) is 24.0. The van der Waals surface area contributed by atoms with Crippen LogP contribution in [0.3, 0.4) is 0 Å². The molecule has 0 bridgehead atoms. The number of rotatable bonds is 14. The lowest BCUT2D eigenvalue weighted by atomic mass is 9.99. The van der Waals surface area contributed by atoms with Crippen LogP contribution in [0.25, 0.3) is 0 Å². The van der Waals surface area contributed by atoms with Gasteiger partial charge in [-0.05, 0) is 6.42 Å². The number of cyclic esters (lactones) is 1. The summed E-state index contributed by atoms with van der Waals surface area (Å²) >= 11 is 0. The number of unbranched alkanes of at least 4 members (excludes halogenated alkanes) is 6. The maximum Gasteiger partial charge on any atom is 0.378 e. The highest BCUT2D eigenvalue weighted by Gasteiger charge is 2.48. The zero-order valence-electron chi connectivity index (χ0n) is 19.2. The molecule has 1 saturated heterocycles. The average Bonchev–Trinajstić information content (AvgIpc) is 3.10. The second-order valence-corrected chi connectivity index (χ2v) is 8.48. The summed E-state index contributed by atoms with van der Waals surface area (Å²) in [7, 11) is 0. The van der Waals surface area contributed by atoms with Crippen LogP contribution in [0.4, 0.5) is 0 Å². The molecule has 2 aliphatic rings. The van der Waals surface area contributed by atoms with Crippen molar-refractivity contribution in [3.8, 4) is 0 Å². The number of hydrogen-bond donors (Lipinski definition) is 6. The van der Waals surface area contributed by atoms with Crippen molar-refractivity contribution in [2.45, 2.75) is 101 Å². The Kier molecular flexibility index (Phi) is 11.5. The second-order valence-electron chi connectivity index (χ2n) is 8.48. The van der Waals surface area contributed by atoms with Crippen molar-refractivity contribution in [2.75, 3.05) is 13.2 Å². The molecule has 12 heteroatoms. The lowest BCUT2D eigenvalue weighted by Gasteiger charge is -2.39. The standard InChI is InChI=1S/C22H36O12/c1-2-3-4-5-6-7-8-9-14(25)31-11-12(24)19-18(29)20(21(30)33-19)34-22-17(28)16(27)15(26)13(10-23)32-22/h12-13,15-17,19,22-24,26-29H,2-11H2,1H3/t12?,13-,15-,16+,17-,19?,22-/m1/s1. The van der Waals surface area contributed by atoms with E-state index in [1.54, 1.807) is 0 Å². The van der Waals surface area contributed by atoms with Gasteiger partial charge in [-0.25, -0.2) is 4.79 Å². The summed E-state index contributed by atoms with van der Waals surface area (Å²) in [5.74, 6) is -3.33. The van der Waals surface area contributed by atoms with Crippen LogP contribution in [0.1, 0.15) is 58.3 Å². The van der Waals surface area contributed by atoms with E-state index in [4.69, 9.17) is 18.9 Å². The monoisotopic (exact) mass is 492 g/mol. The van der Waals surface area contributed by atoms with Gasteiger partial charge < -0.3 is 49.6 Å². The Hall–Kier alpha value is -1.96. The van der Waals surface area contributed by atoms with E-state index in [0.29, 0.717) is 6.42 Å². The van der Waals surface area contributed by atoms with Crippen LogP contribution in [0, 0.1) is 0 Å². The Labute approximate surface area is 197 Å². The SMILES string of the molecule is CCCCCCCCCC(=O)OCC(O)C1OC(=O)C(O[C@H]2O[C@H](CO)[C@@H](O)[C@H](O)[C@H]2O)=C1O. The zero-order valence-corrected chi connectivity index (χ0v) is 19.2. The number of ether oxygens (including phenoxy) is 4.